The zero-order valence-electron chi connectivity index (χ0n) is 18.9. The number of hydrogen-bond acceptors (Lipinski definition) is 9. The van der Waals surface area contributed by atoms with Gasteiger partial charge in [-0.05, 0) is 38.0 Å². The van der Waals surface area contributed by atoms with Gasteiger partial charge in [-0.2, -0.15) is 5.10 Å². The molecule has 0 saturated heterocycles. The van der Waals surface area contributed by atoms with E-state index in [2.05, 4.69) is 15.4 Å². The molecule has 2 aromatic rings. The van der Waals surface area contributed by atoms with Crippen LogP contribution in [0.5, 0.6) is 0 Å². The standard InChI is InChI=1S/C19H29ClN4O9P2/c1-32-14(9-33-35(30,31)10-34(27,28)29)17(26)16(25)13-8-21-18-12(6-15(20)23-24(13)18)22-19-4-2-11(7-19)3-5-19/h6,8,11,14,16-17,22,25-26H,2-5,7,9-10H2,1H3,(H,30,31)(H2,27,28,29)/t11?,14-,16+,17-,19?/m1/s1. The molecular formula is C19H29ClN4O9P2. The molecule has 35 heavy (non-hydrogen) atoms. The maximum atomic E-state index is 11.9. The fraction of sp³-hybridized carbons (Fsp3) is 0.684. The second-order valence-electron chi connectivity index (χ2n) is 9.30. The first-order valence-corrected chi connectivity index (χ1v) is 15.0. The first kappa shape index (κ1) is 26.9. The largest absolute Gasteiger partial charge is 0.387 e. The minimum atomic E-state index is -4.82. The Kier molecular flexibility index (Phi) is 7.68. The lowest BCUT2D eigenvalue weighted by Crippen LogP contribution is -2.37. The Morgan fingerprint density at radius 2 is 1.97 bits per heavy atom. The highest BCUT2D eigenvalue weighted by Crippen LogP contribution is 2.55. The highest BCUT2D eigenvalue weighted by Gasteiger charge is 2.45. The molecule has 0 amide bonds. The van der Waals surface area contributed by atoms with Gasteiger partial charge in [0.2, 0.25) is 0 Å². The van der Waals surface area contributed by atoms with Gasteiger partial charge in [0.15, 0.2) is 16.7 Å². The second kappa shape index (κ2) is 9.98. The normalized spacial score (nSPS) is 26.5. The van der Waals surface area contributed by atoms with Gasteiger partial charge in [0.25, 0.3) is 0 Å². The minimum absolute atomic E-state index is 0.0239. The van der Waals surface area contributed by atoms with E-state index in [1.165, 1.54) is 30.7 Å². The van der Waals surface area contributed by atoms with Gasteiger partial charge in [-0.3, -0.25) is 9.13 Å². The van der Waals surface area contributed by atoms with Crippen LogP contribution in [0.4, 0.5) is 5.69 Å². The van der Waals surface area contributed by atoms with Crippen molar-refractivity contribution in [2.45, 2.75) is 56.0 Å². The van der Waals surface area contributed by atoms with Gasteiger partial charge in [0, 0.05) is 18.7 Å². The SMILES string of the molecule is CO[C@H](COP(=O)(O)CP(=O)(O)O)[C@@H](O)[C@@H](O)c1cnc2c(NC34CCC(CC3)C4)cc(Cl)nn12. The van der Waals surface area contributed by atoms with Gasteiger partial charge in [0.1, 0.15) is 18.3 Å². The van der Waals surface area contributed by atoms with Crippen LogP contribution >= 0.6 is 26.8 Å². The maximum Gasteiger partial charge on any atom is 0.340 e. The average molecular weight is 555 g/mol. The summed E-state index contributed by atoms with van der Waals surface area (Å²) in [7, 11) is -8.32. The predicted molar refractivity (Wildman–Crippen MR) is 125 cm³/mol. The number of aromatic nitrogens is 3. The Morgan fingerprint density at radius 1 is 1.29 bits per heavy atom. The topological polar surface area (TPSA) is 196 Å². The summed E-state index contributed by atoms with van der Waals surface area (Å²) in [6.07, 6.45) is 2.23. The van der Waals surface area contributed by atoms with Crippen LogP contribution < -0.4 is 5.32 Å². The van der Waals surface area contributed by atoms with Crippen molar-refractivity contribution >= 4 is 38.1 Å². The molecule has 13 nitrogen and oxygen atoms in total. The van der Waals surface area contributed by atoms with Crippen molar-refractivity contribution in [2.24, 2.45) is 5.92 Å². The van der Waals surface area contributed by atoms with Crippen LogP contribution in [-0.4, -0.2) is 76.9 Å². The van der Waals surface area contributed by atoms with Crippen LogP contribution in [0.15, 0.2) is 12.3 Å². The number of nitrogens with zero attached hydrogens (tertiary/aromatic N) is 3. The maximum absolute atomic E-state index is 11.9. The van der Waals surface area contributed by atoms with E-state index in [0.29, 0.717) is 17.3 Å². The van der Waals surface area contributed by atoms with Gasteiger partial charge in [0.05, 0.1) is 24.2 Å². The highest BCUT2D eigenvalue weighted by molar-refractivity contribution is 7.70. The van der Waals surface area contributed by atoms with Crippen LogP contribution in [0.1, 0.15) is 43.9 Å². The molecule has 1 unspecified atom stereocenters. The predicted octanol–water partition coefficient (Wildman–Crippen LogP) is 1.87. The van der Waals surface area contributed by atoms with E-state index in [-0.39, 0.29) is 16.4 Å². The number of aliphatic hydroxyl groups is 2. The van der Waals surface area contributed by atoms with Crippen molar-refractivity contribution < 1.29 is 43.3 Å². The van der Waals surface area contributed by atoms with Crippen molar-refractivity contribution in [3.63, 3.8) is 0 Å². The van der Waals surface area contributed by atoms with Gasteiger partial charge in [-0.1, -0.05) is 11.6 Å². The lowest BCUT2D eigenvalue weighted by Gasteiger charge is -2.29. The summed E-state index contributed by atoms with van der Waals surface area (Å²) in [6.45, 7) is -0.718. The lowest BCUT2D eigenvalue weighted by atomic mass is 9.93. The van der Waals surface area contributed by atoms with Crippen molar-refractivity contribution in [1.29, 1.82) is 0 Å². The molecular weight excluding hydrogens is 526 g/mol. The molecule has 0 aromatic carbocycles. The van der Waals surface area contributed by atoms with E-state index in [1.54, 1.807) is 6.07 Å². The first-order valence-electron chi connectivity index (χ1n) is 11.0. The molecule has 2 aliphatic rings. The summed E-state index contributed by atoms with van der Waals surface area (Å²) < 4.78 is 34.1. The molecule has 0 radical (unpaired) electrons. The van der Waals surface area contributed by atoms with Gasteiger partial charge in [-0.15, -0.1) is 0 Å². The summed E-state index contributed by atoms with van der Waals surface area (Å²) in [5, 5.41) is 29.5. The smallest absolute Gasteiger partial charge is 0.340 e. The number of hydrogen-bond donors (Lipinski definition) is 6. The summed E-state index contributed by atoms with van der Waals surface area (Å²) in [5.41, 5.74) is 1.14. The first-order chi connectivity index (χ1) is 16.3. The molecule has 6 N–H and O–H groups in total. The molecule has 2 saturated carbocycles. The van der Waals surface area contributed by atoms with E-state index in [4.69, 9.17) is 30.6 Å². The molecule has 16 heteroatoms. The number of ether oxygens (including phenoxy) is 1. The van der Waals surface area contributed by atoms with Crippen molar-refractivity contribution in [3.05, 3.63) is 23.1 Å². The van der Waals surface area contributed by atoms with E-state index in [1.807, 2.05) is 0 Å². The summed E-state index contributed by atoms with van der Waals surface area (Å²) in [6, 6.07) is 1.67. The number of imidazole rings is 1. The average Bonchev–Trinajstić information content (AvgIpc) is 3.46. The third-order valence-corrected chi connectivity index (χ3v) is 10.4. The molecule has 4 atom stereocenters. The third-order valence-electron chi connectivity index (χ3n) is 6.72. The Labute approximate surface area is 206 Å². The van der Waals surface area contributed by atoms with Crippen molar-refractivity contribution in [2.75, 3.05) is 24.9 Å². The zero-order chi connectivity index (χ0) is 25.6. The number of methoxy groups -OCH3 is 1. The fourth-order valence-electron chi connectivity index (χ4n) is 5.05. The molecule has 2 aromatic heterocycles. The quantitative estimate of drug-likeness (QED) is 0.221. The van der Waals surface area contributed by atoms with Gasteiger partial charge >= 0.3 is 15.2 Å². The Balaban J connectivity index is 1.52. The summed E-state index contributed by atoms with van der Waals surface area (Å²) >= 11 is 6.25. The third kappa shape index (κ3) is 6.07. The van der Waals surface area contributed by atoms with Gasteiger partial charge in [-0.25, -0.2) is 9.50 Å². The molecule has 2 aliphatic carbocycles. The Morgan fingerprint density at radius 3 is 2.54 bits per heavy atom. The molecule has 196 valence electrons. The minimum Gasteiger partial charge on any atom is -0.387 e. The lowest BCUT2D eigenvalue weighted by molar-refractivity contribution is -0.0926. The number of aliphatic hydroxyl groups excluding tert-OH is 2. The summed E-state index contributed by atoms with van der Waals surface area (Å²) in [5.74, 6) is -0.671. The van der Waals surface area contributed by atoms with Crippen molar-refractivity contribution in [1.82, 2.24) is 14.6 Å². The monoisotopic (exact) mass is 554 g/mol. The van der Waals surface area contributed by atoms with Crippen LogP contribution in [-0.2, 0) is 18.4 Å². The van der Waals surface area contributed by atoms with Crippen LogP contribution in [0.3, 0.4) is 0 Å². The van der Waals surface area contributed by atoms with E-state index >= 15 is 0 Å². The Bertz CT molecular complexity index is 1170. The number of fused-ring (bicyclic) bond motifs is 3. The molecule has 2 fully saturated rings. The second-order valence-corrected chi connectivity index (χ2v) is 13.7. The van der Waals surface area contributed by atoms with Crippen molar-refractivity contribution in [3.8, 4) is 0 Å². The van der Waals surface area contributed by atoms with Crippen LogP contribution in [0.2, 0.25) is 5.15 Å². The zero-order valence-corrected chi connectivity index (χ0v) is 21.4. The van der Waals surface area contributed by atoms with Gasteiger partial charge < -0.3 is 39.5 Å². The number of anilines is 1. The van der Waals surface area contributed by atoms with Crippen LogP contribution in [0.25, 0.3) is 5.65 Å². The fourth-order valence-corrected chi connectivity index (χ4v) is 7.80. The Hall–Kier alpha value is -1.11. The molecule has 0 spiro atoms. The molecule has 4 rings (SSSR count). The highest BCUT2D eigenvalue weighted by atomic mass is 35.5. The molecule has 2 bridgehead atoms. The van der Waals surface area contributed by atoms with Crippen LogP contribution in [0, 0.1) is 5.92 Å². The summed E-state index contributed by atoms with van der Waals surface area (Å²) in [4.78, 5) is 31.8. The number of halogens is 1. The number of nitrogens with one attached hydrogen (secondary N) is 1. The van der Waals surface area contributed by atoms with E-state index in [0.717, 1.165) is 19.3 Å². The van der Waals surface area contributed by atoms with E-state index in [9.17, 15) is 24.2 Å². The van der Waals surface area contributed by atoms with E-state index < -0.39 is 46.0 Å². The molecule has 0 aliphatic heterocycles. The number of rotatable bonds is 11. The molecule has 2 heterocycles.